The van der Waals surface area contributed by atoms with Crippen LogP contribution in [-0.4, -0.2) is 17.6 Å². The van der Waals surface area contributed by atoms with Crippen molar-refractivity contribution in [3.8, 4) is 11.3 Å². The van der Waals surface area contributed by atoms with E-state index in [9.17, 15) is 4.79 Å². The van der Waals surface area contributed by atoms with Gasteiger partial charge in [0.25, 0.3) is 0 Å². The maximum absolute atomic E-state index is 11.8. The largest absolute Gasteiger partial charge is 0.462 e. The summed E-state index contributed by atoms with van der Waals surface area (Å²) in [5.41, 5.74) is 4.55. The number of nitrogens with zero attached hydrogens (tertiary/aromatic N) is 1. The molecule has 0 radical (unpaired) electrons. The summed E-state index contributed by atoms with van der Waals surface area (Å²) in [6.07, 6.45) is 0. The lowest BCUT2D eigenvalue weighted by atomic mass is 9.86. The van der Waals surface area contributed by atoms with Crippen LogP contribution >= 0.6 is 0 Å². The summed E-state index contributed by atoms with van der Waals surface area (Å²) >= 11 is 0. The highest BCUT2D eigenvalue weighted by molar-refractivity contribution is 5.90. The molecule has 0 N–H and O–H groups in total. The number of carbonyl (C=O) groups excluding carboxylic acids is 1. The summed E-state index contributed by atoms with van der Waals surface area (Å²) in [7, 11) is 0. The van der Waals surface area contributed by atoms with Crippen molar-refractivity contribution < 1.29 is 9.53 Å². The maximum atomic E-state index is 11.8. The third-order valence-electron chi connectivity index (χ3n) is 3.63. The van der Waals surface area contributed by atoms with Gasteiger partial charge in [0.15, 0.2) is 0 Å². The van der Waals surface area contributed by atoms with E-state index in [0.717, 1.165) is 11.3 Å². The van der Waals surface area contributed by atoms with Gasteiger partial charge in [-0.1, -0.05) is 45.0 Å². The Labute approximate surface area is 132 Å². The lowest BCUT2D eigenvalue weighted by Crippen LogP contribution is -2.10. The summed E-state index contributed by atoms with van der Waals surface area (Å²) in [5.74, 6) is -0.317. The van der Waals surface area contributed by atoms with Crippen LogP contribution in [0.4, 0.5) is 0 Å². The van der Waals surface area contributed by atoms with Crippen molar-refractivity contribution in [2.24, 2.45) is 0 Å². The molecule has 2 aromatic rings. The second kappa shape index (κ2) is 6.30. The molecule has 22 heavy (non-hydrogen) atoms. The summed E-state index contributed by atoms with van der Waals surface area (Å²) in [5, 5.41) is 0. The van der Waals surface area contributed by atoms with Gasteiger partial charge >= 0.3 is 5.97 Å². The molecule has 116 valence electrons. The van der Waals surface area contributed by atoms with Crippen LogP contribution in [0.3, 0.4) is 0 Å². The van der Waals surface area contributed by atoms with Gasteiger partial charge in [-0.15, -0.1) is 0 Å². The molecule has 1 aromatic carbocycles. The molecule has 3 heteroatoms. The Morgan fingerprint density at radius 2 is 1.73 bits per heavy atom. The molecule has 0 saturated carbocycles. The van der Waals surface area contributed by atoms with Crippen molar-refractivity contribution in [1.82, 2.24) is 4.98 Å². The van der Waals surface area contributed by atoms with Crippen molar-refractivity contribution in [2.75, 3.05) is 6.61 Å². The topological polar surface area (TPSA) is 39.2 Å². The Hall–Kier alpha value is -2.16. The third-order valence-corrected chi connectivity index (χ3v) is 3.63. The minimum Gasteiger partial charge on any atom is -0.462 e. The molecule has 0 spiro atoms. The van der Waals surface area contributed by atoms with E-state index in [1.807, 2.05) is 13.0 Å². The van der Waals surface area contributed by atoms with Gasteiger partial charge in [-0.3, -0.25) is 4.98 Å². The van der Waals surface area contributed by atoms with Crippen LogP contribution in [0.1, 0.15) is 49.3 Å². The van der Waals surface area contributed by atoms with E-state index in [0.29, 0.717) is 17.9 Å². The Balaban J connectivity index is 2.30. The predicted octanol–water partition coefficient (Wildman–Crippen LogP) is 4.53. The van der Waals surface area contributed by atoms with E-state index in [1.165, 1.54) is 5.56 Å². The molecule has 2 rings (SSSR count). The van der Waals surface area contributed by atoms with E-state index >= 15 is 0 Å². The predicted molar refractivity (Wildman–Crippen MR) is 89.1 cm³/mol. The summed E-state index contributed by atoms with van der Waals surface area (Å²) in [6, 6.07) is 12.1. The monoisotopic (exact) mass is 297 g/mol. The number of carbonyl (C=O) groups is 1. The van der Waals surface area contributed by atoms with Crippen LogP contribution in [0.2, 0.25) is 0 Å². The second-order valence-electron chi connectivity index (χ2n) is 6.38. The number of aromatic nitrogens is 1. The third kappa shape index (κ3) is 3.53. The molecule has 0 amide bonds. The molecule has 1 heterocycles. The summed E-state index contributed by atoms with van der Waals surface area (Å²) in [4.78, 5) is 16.3. The number of benzene rings is 1. The van der Waals surface area contributed by atoms with Gasteiger partial charge in [-0.05, 0) is 37.0 Å². The number of rotatable bonds is 3. The van der Waals surface area contributed by atoms with Crippen molar-refractivity contribution in [1.29, 1.82) is 0 Å². The first-order valence-electron chi connectivity index (χ1n) is 7.58. The second-order valence-corrected chi connectivity index (χ2v) is 6.38. The fourth-order valence-electron chi connectivity index (χ4n) is 2.29. The zero-order chi connectivity index (χ0) is 16.3. The molecule has 0 aliphatic carbocycles. The van der Waals surface area contributed by atoms with Crippen LogP contribution in [-0.2, 0) is 10.2 Å². The van der Waals surface area contributed by atoms with E-state index in [2.05, 4.69) is 50.0 Å². The van der Waals surface area contributed by atoms with Gasteiger partial charge in [0.05, 0.1) is 23.6 Å². The Bertz CT molecular complexity index is 667. The minimum absolute atomic E-state index is 0.135. The zero-order valence-electron chi connectivity index (χ0n) is 13.9. The van der Waals surface area contributed by atoms with Gasteiger partial charge in [-0.25, -0.2) is 4.79 Å². The first kappa shape index (κ1) is 16.2. The van der Waals surface area contributed by atoms with Gasteiger partial charge < -0.3 is 4.74 Å². The number of hydrogen-bond donors (Lipinski definition) is 0. The molecule has 0 unspecified atom stereocenters. The van der Waals surface area contributed by atoms with Gasteiger partial charge in [0.2, 0.25) is 0 Å². The van der Waals surface area contributed by atoms with Crippen molar-refractivity contribution in [2.45, 2.75) is 40.0 Å². The summed E-state index contributed by atoms with van der Waals surface area (Å²) in [6.45, 7) is 10.6. The van der Waals surface area contributed by atoms with Crippen LogP contribution in [0, 0.1) is 6.92 Å². The standard InChI is InChI=1S/C19H23NO2/c1-6-22-18(21)16-11-12-17(20-13(16)2)14-7-9-15(10-8-14)19(3,4)5/h7-12H,6H2,1-5H3. The van der Waals surface area contributed by atoms with Gasteiger partial charge in [-0.2, -0.15) is 0 Å². The number of hydrogen-bond acceptors (Lipinski definition) is 3. The molecule has 1 aromatic heterocycles. The first-order chi connectivity index (χ1) is 10.3. The zero-order valence-corrected chi connectivity index (χ0v) is 13.9. The highest BCUT2D eigenvalue weighted by atomic mass is 16.5. The number of esters is 1. The van der Waals surface area contributed by atoms with Crippen LogP contribution < -0.4 is 0 Å². The van der Waals surface area contributed by atoms with E-state index < -0.39 is 0 Å². The quantitative estimate of drug-likeness (QED) is 0.781. The van der Waals surface area contributed by atoms with Gasteiger partial charge in [0, 0.05) is 5.56 Å². The molecule has 3 nitrogen and oxygen atoms in total. The number of pyridine rings is 1. The van der Waals surface area contributed by atoms with Gasteiger partial charge in [0.1, 0.15) is 0 Å². The maximum Gasteiger partial charge on any atom is 0.339 e. The molecular formula is C19H23NO2. The van der Waals surface area contributed by atoms with Crippen LogP contribution in [0.25, 0.3) is 11.3 Å². The smallest absolute Gasteiger partial charge is 0.339 e. The highest BCUT2D eigenvalue weighted by Gasteiger charge is 2.15. The number of aryl methyl sites for hydroxylation is 1. The Kier molecular flexibility index (Phi) is 4.65. The van der Waals surface area contributed by atoms with E-state index in [-0.39, 0.29) is 11.4 Å². The Morgan fingerprint density at radius 3 is 2.23 bits per heavy atom. The average molecular weight is 297 g/mol. The Morgan fingerprint density at radius 1 is 1.09 bits per heavy atom. The normalized spacial score (nSPS) is 11.3. The average Bonchev–Trinajstić information content (AvgIpc) is 2.46. The molecule has 0 atom stereocenters. The lowest BCUT2D eigenvalue weighted by Gasteiger charge is -2.19. The molecule has 0 fully saturated rings. The highest BCUT2D eigenvalue weighted by Crippen LogP contribution is 2.26. The van der Waals surface area contributed by atoms with Crippen LogP contribution in [0.5, 0.6) is 0 Å². The first-order valence-corrected chi connectivity index (χ1v) is 7.58. The molecule has 0 aliphatic rings. The lowest BCUT2D eigenvalue weighted by molar-refractivity contribution is 0.0525. The van der Waals surface area contributed by atoms with E-state index in [1.54, 1.807) is 13.0 Å². The minimum atomic E-state index is -0.317. The number of ether oxygens (including phenoxy) is 1. The SMILES string of the molecule is CCOC(=O)c1ccc(-c2ccc(C(C)(C)C)cc2)nc1C. The molecular weight excluding hydrogens is 274 g/mol. The van der Waals surface area contributed by atoms with Crippen LogP contribution in [0.15, 0.2) is 36.4 Å². The summed E-state index contributed by atoms with van der Waals surface area (Å²) < 4.78 is 5.03. The molecule has 0 aliphatic heterocycles. The van der Waals surface area contributed by atoms with Crippen molar-refractivity contribution >= 4 is 5.97 Å². The fourth-order valence-corrected chi connectivity index (χ4v) is 2.29. The molecule has 0 saturated heterocycles. The van der Waals surface area contributed by atoms with Crippen molar-refractivity contribution in [3.05, 3.63) is 53.2 Å². The van der Waals surface area contributed by atoms with E-state index in [4.69, 9.17) is 4.74 Å². The van der Waals surface area contributed by atoms with Crippen molar-refractivity contribution in [3.63, 3.8) is 0 Å². The fraction of sp³-hybridized carbons (Fsp3) is 0.368. The molecule has 0 bridgehead atoms.